The molecule has 0 unspecified atom stereocenters. The molecule has 1 nitrogen and oxygen atoms in total. The molecule has 2 rings (SSSR count). The number of nitrogens with one attached hydrogen (secondary N) is 1. The summed E-state index contributed by atoms with van der Waals surface area (Å²) in [6.45, 7) is 12.9. The fourth-order valence-corrected chi connectivity index (χ4v) is 3.68. The van der Waals surface area contributed by atoms with Crippen molar-refractivity contribution in [2.24, 2.45) is 0 Å². The second kappa shape index (κ2) is 9.53. The lowest BCUT2D eigenvalue weighted by Crippen LogP contribution is -2.13. The summed E-state index contributed by atoms with van der Waals surface area (Å²) in [5, 5.41) is 3.34. The molecule has 2 heteroatoms. The van der Waals surface area contributed by atoms with E-state index in [0.29, 0.717) is 0 Å². The van der Waals surface area contributed by atoms with Crippen LogP contribution in [0.25, 0.3) is 5.57 Å². The fourth-order valence-electron chi connectivity index (χ4n) is 2.90. The SMILES string of the molecule is C=C1NC=C(/C=C\C(=C\CC)SCC)C(C)=C1c1ccc(CC)cc1. The molecule has 0 spiro atoms. The molecule has 0 bridgehead atoms. The van der Waals surface area contributed by atoms with Crippen molar-refractivity contribution in [1.82, 2.24) is 5.32 Å². The number of hydrogen-bond acceptors (Lipinski definition) is 2. The lowest BCUT2D eigenvalue weighted by molar-refractivity contribution is 1.07. The third kappa shape index (κ3) is 5.02. The summed E-state index contributed by atoms with van der Waals surface area (Å²) in [6, 6.07) is 8.81. The minimum atomic E-state index is 0.964. The predicted molar refractivity (Wildman–Crippen MR) is 114 cm³/mol. The van der Waals surface area contributed by atoms with E-state index >= 15 is 0 Å². The van der Waals surface area contributed by atoms with E-state index in [2.05, 4.69) is 88.3 Å². The molecule has 0 fully saturated rings. The molecule has 0 saturated carbocycles. The van der Waals surface area contributed by atoms with Crippen molar-refractivity contribution in [3.63, 3.8) is 0 Å². The van der Waals surface area contributed by atoms with E-state index in [4.69, 9.17) is 0 Å². The highest BCUT2D eigenvalue weighted by molar-refractivity contribution is 8.03. The van der Waals surface area contributed by atoms with E-state index in [-0.39, 0.29) is 0 Å². The molecular weight excluding hydrogens is 322 g/mol. The number of thioether (sulfide) groups is 1. The van der Waals surface area contributed by atoms with Gasteiger partial charge in [-0.25, -0.2) is 0 Å². The minimum Gasteiger partial charge on any atom is -0.361 e. The third-order valence-corrected chi connectivity index (χ3v) is 5.23. The first-order valence-electron chi connectivity index (χ1n) is 9.08. The van der Waals surface area contributed by atoms with Gasteiger partial charge in [0.15, 0.2) is 0 Å². The molecule has 1 N–H and O–H groups in total. The number of benzene rings is 1. The third-order valence-electron chi connectivity index (χ3n) is 4.31. The van der Waals surface area contributed by atoms with Crippen LogP contribution in [0.4, 0.5) is 0 Å². The Kier molecular flexibility index (Phi) is 7.39. The van der Waals surface area contributed by atoms with E-state index in [1.165, 1.54) is 32.8 Å². The van der Waals surface area contributed by atoms with Crippen LogP contribution in [0.1, 0.15) is 45.2 Å². The van der Waals surface area contributed by atoms with Gasteiger partial charge in [-0.1, -0.05) is 63.8 Å². The maximum absolute atomic E-state index is 4.20. The molecule has 1 heterocycles. The van der Waals surface area contributed by atoms with Crippen LogP contribution in [-0.4, -0.2) is 5.75 Å². The maximum Gasteiger partial charge on any atom is 0.0389 e. The van der Waals surface area contributed by atoms with Crippen molar-refractivity contribution in [2.45, 2.75) is 40.5 Å². The topological polar surface area (TPSA) is 12.0 Å². The second-order valence-electron chi connectivity index (χ2n) is 6.05. The summed E-state index contributed by atoms with van der Waals surface area (Å²) in [5.41, 5.74) is 7.22. The van der Waals surface area contributed by atoms with Crippen LogP contribution in [-0.2, 0) is 6.42 Å². The van der Waals surface area contributed by atoms with Gasteiger partial charge in [-0.2, -0.15) is 0 Å². The summed E-state index contributed by atoms with van der Waals surface area (Å²) in [4.78, 5) is 1.33. The smallest absolute Gasteiger partial charge is 0.0389 e. The summed E-state index contributed by atoms with van der Waals surface area (Å²) in [7, 11) is 0. The monoisotopic (exact) mass is 351 g/mol. The summed E-state index contributed by atoms with van der Waals surface area (Å²) in [5.74, 6) is 1.09. The van der Waals surface area contributed by atoms with Gasteiger partial charge in [0.05, 0.1) is 0 Å². The Bertz CT molecular complexity index is 730. The van der Waals surface area contributed by atoms with E-state index in [1.54, 1.807) is 0 Å². The Morgan fingerprint density at radius 2 is 1.88 bits per heavy atom. The zero-order chi connectivity index (χ0) is 18.2. The molecule has 0 aliphatic carbocycles. The molecule has 0 saturated heterocycles. The average molecular weight is 352 g/mol. The number of allylic oxidation sites excluding steroid dienone is 6. The van der Waals surface area contributed by atoms with E-state index in [1.807, 2.05) is 11.8 Å². The van der Waals surface area contributed by atoms with Gasteiger partial charge in [0.2, 0.25) is 0 Å². The van der Waals surface area contributed by atoms with Gasteiger partial charge in [-0.3, -0.25) is 0 Å². The van der Waals surface area contributed by atoms with Crippen LogP contribution in [0.3, 0.4) is 0 Å². The second-order valence-corrected chi connectivity index (χ2v) is 7.39. The predicted octanol–water partition coefficient (Wildman–Crippen LogP) is 6.63. The first-order valence-corrected chi connectivity index (χ1v) is 10.1. The first-order chi connectivity index (χ1) is 12.1. The molecule has 0 atom stereocenters. The zero-order valence-corrected chi connectivity index (χ0v) is 16.7. The van der Waals surface area contributed by atoms with Gasteiger partial charge in [0.25, 0.3) is 0 Å². The quantitative estimate of drug-likeness (QED) is 0.554. The number of aryl methyl sites for hydroxylation is 1. The first kappa shape index (κ1) is 19.4. The van der Waals surface area contributed by atoms with E-state index in [0.717, 1.165) is 24.3 Å². The molecule has 25 heavy (non-hydrogen) atoms. The van der Waals surface area contributed by atoms with E-state index < -0.39 is 0 Å². The molecule has 0 aromatic heterocycles. The van der Waals surface area contributed by atoms with Crippen LogP contribution >= 0.6 is 11.8 Å². The molecule has 0 amide bonds. The minimum absolute atomic E-state index is 0.964. The molecule has 1 aromatic rings. The highest BCUT2D eigenvalue weighted by Crippen LogP contribution is 2.32. The number of rotatable bonds is 7. The van der Waals surface area contributed by atoms with Crippen LogP contribution in [0.2, 0.25) is 0 Å². The maximum atomic E-state index is 4.20. The van der Waals surface area contributed by atoms with Crippen LogP contribution < -0.4 is 5.32 Å². The number of hydrogen-bond donors (Lipinski definition) is 1. The van der Waals surface area contributed by atoms with Crippen molar-refractivity contribution in [2.75, 3.05) is 5.75 Å². The summed E-state index contributed by atoms with van der Waals surface area (Å²) >= 11 is 1.89. The van der Waals surface area contributed by atoms with Crippen LogP contribution in [0.15, 0.2) is 77.0 Å². The lowest BCUT2D eigenvalue weighted by atomic mass is 9.91. The lowest BCUT2D eigenvalue weighted by Gasteiger charge is -2.22. The Labute approximate surface area is 157 Å². The van der Waals surface area contributed by atoms with Gasteiger partial charge in [-0.15, -0.1) is 11.8 Å². The van der Waals surface area contributed by atoms with Gasteiger partial charge in [0.1, 0.15) is 0 Å². The van der Waals surface area contributed by atoms with Crippen molar-refractivity contribution >= 4 is 17.3 Å². The van der Waals surface area contributed by atoms with Gasteiger partial charge in [-0.05, 0) is 53.9 Å². The molecule has 1 aliphatic rings. The molecule has 1 aliphatic heterocycles. The highest BCUT2D eigenvalue weighted by atomic mass is 32.2. The Balaban J connectivity index is 2.33. The normalized spacial score (nSPS) is 15.6. The zero-order valence-electron chi connectivity index (χ0n) is 15.9. The Morgan fingerprint density at radius 1 is 1.16 bits per heavy atom. The highest BCUT2D eigenvalue weighted by Gasteiger charge is 2.15. The van der Waals surface area contributed by atoms with Crippen molar-refractivity contribution in [1.29, 1.82) is 0 Å². The average Bonchev–Trinajstić information content (AvgIpc) is 2.62. The molecule has 0 radical (unpaired) electrons. The van der Waals surface area contributed by atoms with Crippen molar-refractivity contribution < 1.29 is 0 Å². The standard InChI is InChI=1S/C23H29NS/c1-6-9-22(25-8-3)15-14-21-16-24-18(5)23(17(21)4)20-12-10-19(7-2)11-13-20/h9-16,24H,5-8H2,1-4H3/b15-14-,22-9-. The molecule has 1 aromatic carbocycles. The van der Waals surface area contributed by atoms with Gasteiger partial charge < -0.3 is 5.32 Å². The Morgan fingerprint density at radius 3 is 2.48 bits per heavy atom. The van der Waals surface area contributed by atoms with Crippen molar-refractivity contribution in [3.05, 3.63) is 88.1 Å². The number of dihydropyridines is 1. The Hall–Kier alpha value is -1.93. The van der Waals surface area contributed by atoms with Crippen LogP contribution in [0, 0.1) is 0 Å². The summed E-state index contributed by atoms with van der Waals surface area (Å²) in [6.07, 6.45) is 10.9. The summed E-state index contributed by atoms with van der Waals surface area (Å²) < 4.78 is 0. The van der Waals surface area contributed by atoms with Crippen LogP contribution in [0.5, 0.6) is 0 Å². The fraction of sp³-hybridized carbons (Fsp3) is 0.304. The largest absolute Gasteiger partial charge is 0.361 e. The molecule has 132 valence electrons. The van der Waals surface area contributed by atoms with E-state index in [9.17, 15) is 0 Å². The van der Waals surface area contributed by atoms with Crippen molar-refractivity contribution in [3.8, 4) is 0 Å². The molecular formula is C23H29NS. The van der Waals surface area contributed by atoms with Gasteiger partial charge in [0, 0.05) is 22.4 Å². The van der Waals surface area contributed by atoms with Gasteiger partial charge >= 0.3 is 0 Å².